The summed E-state index contributed by atoms with van der Waals surface area (Å²) < 4.78 is 0. The van der Waals surface area contributed by atoms with Crippen LogP contribution in [-0.4, -0.2) is 66.7 Å². The fraction of sp³-hybridized carbons (Fsp3) is 0.450. The summed E-state index contributed by atoms with van der Waals surface area (Å²) in [7, 11) is 0. The molecular weight excluding hydrogens is 372 g/mol. The van der Waals surface area contributed by atoms with Gasteiger partial charge in [-0.2, -0.15) is 0 Å². The van der Waals surface area contributed by atoms with E-state index in [9.17, 15) is 4.79 Å². The summed E-state index contributed by atoms with van der Waals surface area (Å²) in [5.41, 5.74) is 0.836. The van der Waals surface area contributed by atoms with Crippen molar-refractivity contribution in [3.05, 3.63) is 36.4 Å². The van der Waals surface area contributed by atoms with Crippen LogP contribution >= 0.6 is 11.8 Å². The standard InChI is InChI=1S/C20H26N6OS/c1-28-17-6-4-5-16(15-17)21-20(27)26-13-11-25(12-14-26)19-8-7-18(22-23-19)24-9-2-3-10-24/h4-8,15H,2-3,9-14H2,1H3,(H,21,27). The second kappa shape index (κ2) is 8.68. The molecule has 148 valence electrons. The van der Waals surface area contributed by atoms with Gasteiger partial charge in [0.25, 0.3) is 0 Å². The molecule has 2 fully saturated rings. The molecule has 0 saturated carbocycles. The predicted molar refractivity (Wildman–Crippen MR) is 115 cm³/mol. The molecule has 7 nitrogen and oxygen atoms in total. The van der Waals surface area contributed by atoms with Gasteiger partial charge in [-0.1, -0.05) is 6.07 Å². The molecule has 0 aliphatic carbocycles. The zero-order valence-corrected chi connectivity index (χ0v) is 17.0. The molecular formula is C20H26N6OS. The van der Waals surface area contributed by atoms with Crippen LogP contribution in [0.4, 0.5) is 22.1 Å². The lowest BCUT2D eigenvalue weighted by molar-refractivity contribution is 0.208. The number of carbonyl (C=O) groups is 1. The minimum atomic E-state index is -0.0478. The first kappa shape index (κ1) is 18.9. The maximum atomic E-state index is 12.6. The van der Waals surface area contributed by atoms with Gasteiger partial charge in [0.1, 0.15) is 0 Å². The van der Waals surface area contributed by atoms with Crippen molar-refractivity contribution in [2.75, 3.05) is 60.6 Å². The predicted octanol–water partition coefficient (Wildman–Crippen LogP) is 3.15. The molecule has 2 saturated heterocycles. The van der Waals surface area contributed by atoms with E-state index in [1.54, 1.807) is 11.8 Å². The average molecular weight is 399 g/mol. The summed E-state index contributed by atoms with van der Waals surface area (Å²) in [4.78, 5) is 20.0. The number of hydrogen-bond acceptors (Lipinski definition) is 6. The molecule has 1 aromatic carbocycles. The van der Waals surface area contributed by atoms with Crippen molar-refractivity contribution in [3.63, 3.8) is 0 Å². The Bertz CT molecular complexity index is 801. The van der Waals surface area contributed by atoms with Crippen molar-refractivity contribution >= 4 is 35.1 Å². The van der Waals surface area contributed by atoms with E-state index < -0.39 is 0 Å². The molecule has 0 spiro atoms. The summed E-state index contributed by atoms with van der Waals surface area (Å²) in [6.07, 6.45) is 4.49. The lowest BCUT2D eigenvalue weighted by Crippen LogP contribution is -2.50. The Morgan fingerprint density at radius 3 is 2.18 bits per heavy atom. The number of thioether (sulfide) groups is 1. The van der Waals surface area contributed by atoms with E-state index in [0.29, 0.717) is 13.1 Å². The minimum absolute atomic E-state index is 0.0478. The van der Waals surface area contributed by atoms with Crippen molar-refractivity contribution in [1.29, 1.82) is 0 Å². The smallest absolute Gasteiger partial charge is 0.321 e. The Kier molecular flexibility index (Phi) is 5.85. The quantitative estimate of drug-likeness (QED) is 0.798. The molecule has 1 aromatic heterocycles. The Morgan fingerprint density at radius 2 is 1.57 bits per heavy atom. The van der Waals surface area contributed by atoms with Crippen LogP contribution < -0.4 is 15.1 Å². The molecule has 0 radical (unpaired) electrons. The Hall–Kier alpha value is -2.48. The monoisotopic (exact) mass is 398 g/mol. The van der Waals surface area contributed by atoms with Crippen LogP contribution in [0.3, 0.4) is 0 Å². The first-order valence-corrected chi connectivity index (χ1v) is 11.0. The van der Waals surface area contributed by atoms with E-state index in [-0.39, 0.29) is 6.03 Å². The number of rotatable bonds is 4. The highest BCUT2D eigenvalue weighted by atomic mass is 32.2. The maximum absolute atomic E-state index is 12.6. The number of amides is 2. The van der Waals surface area contributed by atoms with Gasteiger partial charge in [-0.25, -0.2) is 4.79 Å². The highest BCUT2D eigenvalue weighted by molar-refractivity contribution is 7.98. The molecule has 0 unspecified atom stereocenters. The lowest BCUT2D eigenvalue weighted by atomic mass is 10.3. The van der Waals surface area contributed by atoms with E-state index in [4.69, 9.17) is 0 Å². The fourth-order valence-corrected chi connectivity index (χ4v) is 4.10. The number of hydrogen-bond donors (Lipinski definition) is 1. The second-order valence-corrected chi connectivity index (χ2v) is 7.96. The number of nitrogens with one attached hydrogen (secondary N) is 1. The van der Waals surface area contributed by atoms with E-state index >= 15 is 0 Å². The maximum Gasteiger partial charge on any atom is 0.321 e. The second-order valence-electron chi connectivity index (χ2n) is 7.08. The van der Waals surface area contributed by atoms with Crippen molar-refractivity contribution in [2.45, 2.75) is 17.7 Å². The molecule has 2 aliphatic heterocycles. The highest BCUT2D eigenvalue weighted by Gasteiger charge is 2.23. The van der Waals surface area contributed by atoms with Gasteiger partial charge in [0.05, 0.1) is 0 Å². The van der Waals surface area contributed by atoms with Gasteiger partial charge in [-0.15, -0.1) is 22.0 Å². The largest absolute Gasteiger partial charge is 0.355 e. The van der Waals surface area contributed by atoms with Crippen LogP contribution in [0.1, 0.15) is 12.8 Å². The first-order chi connectivity index (χ1) is 13.7. The topological polar surface area (TPSA) is 64.6 Å². The van der Waals surface area contributed by atoms with Gasteiger partial charge in [0, 0.05) is 49.9 Å². The molecule has 4 rings (SSSR count). The zero-order chi connectivity index (χ0) is 19.3. The average Bonchev–Trinajstić information content (AvgIpc) is 3.29. The van der Waals surface area contributed by atoms with Crippen molar-refractivity contribution in [2.24, 2.45) is 0 Å². The number of aromatic nitrogens is 2. The number of benzene rings is 1. The third-order valence-corrected chi connectivity index (χ3v) is 6.00. The van der Waals surface area contributed by atoms with Gasteiger partial charge < -0.3 is 20.0 Å². The van der Waals surface area contributed by atoms with Crippen LogP contribution in [0.2, 0.25) is 0 Å². The number of urea groups is 1. The summed E-state index contributed by atoms with van der Waals surface area (Å²) >= 11 is 1.66. The molecule has 2 amide bonds. The molecule has 2 aromatic rings. The van der Waals surface area contributed by atoms with Crippen LogP contribution in [0, 0.1) is 0 Å². The first-order valence-electron chi connectivity index (χ1n) is 9.76. The highest BCUT2D eigenvalue weighted by Crippen LogP contribution is 2.21. The number of nitrogens with zero attached hydrogens (tertiary/aromatic N) is 5. The number of carbonyl (C=O) groups excluding carboxylic acids is 1. The molecule has 0 atom stereocenters. The number of piperazine rings is 1. The summed E-state index contributed by atoms with van der Waals surface area (Å²) in [5.74, 6) is 1.85. The van der Waals surface area contributed by atoms with Gasteiger partial charge in [-0.05, 0) is 49.4 Å². The van der Waals surface area contributed by atoms with Crippen LogP contribution in [-0.2, 0) is 0 Å². The van der Waals surface area contributed by atoms with Gasteiger partial charge >= 0.3 is 6.03 Å². The zero-order valence-electron chi connectivity index (χ0n) is 16.2. The minimum Gasteiger partial charge on any atom is -0.355 e. The molecule has 8 heteroatoms. The Labute approximate surface area is 170 Å². The third-order valence-electron chi connectivity index (χ3n) is 5.28. The van der Waals surface area contributed by atoms with E-state index in [2.05, 4.69) is 31.4 Å². The molecule has 28 heavy (non-hydrogen) atoms. The summed E-state index contributed by atoms with van der Waals surface area (Å²) in [6.45, 7) is 5.00. The Balaban J connectivity index is 1.30. The van der Waals surface area contributed by atoms with Gasteiger partial charge in [-0.3, -0.25) is 0 Å². The van der Waals surface area contributed by atoms with E-state index in [0.717, 1.165) is 48.4 Å². The van der Waals surface area contributed by atoms with Crippen LogP contribution in [0.5, 0.6) is 0 Å². The SMILES string of the molecule is CSc1cccc(NC(=O)N2CCN(c3ccc(N4CCCC4)nn3)CC2)c1. The lowest BCUT2D eigenvalue weighted by Gasteiger charge is -2.35. The van der Waals surface area contributed by atoms with Gasteiger partial charge in [0.2, 0.25) is 0 Å². The molecule has 1 N–H and O–H groups in total. The van der Waals surface area contributed by atoms with Crippen LogP contribution in [0.25, 0.3) is 0 Å². The van der Waals surface area contributed by atoms with Crippen molar-refractivity contribution < 1.29 is 4.79 Å². The van der Waals surface area contributed by atoms with E-state index in [1.807, 2.05) is 41.5 Å². The molecule has 3 heterocycles. The Morgan fingerprint density at radius 1 is 0.929 bits per heavy atom. The normalized spacial score (nSPS) is 17.1. The summed E-state index contributed by atoms with van der Waals surface area (Å²) in [5, 5.41) is 11.8. The van der Waals surface area contributed by atoms with Gasteiger partial charge in [0.15, 0.2) is 11.6 Å². The molecule has 2 aliphatic rings. The van der Waals surface area contributed by atoms with Crippen molar-refractivity contribution in [3.8, 4) is 0 Å². The third kappa shape index (κ3) is 4.32. The molecule has 0 bridgehead atoms. The van der Waals surface area contributed by atoms with Crippen molar-refractivity contribution in [1.82, 2.24) is 15.1 Å². The fourth-order valence-electron chi connectivity index (χ4n) is 3.64. The van der Waals surface area contributed by atoms with Crippen LogP contribution in [0.15, 0.2) is 41.3 Å². The summed E-state index contributed by atoms with van der Waals surface area (Å²) in [6, 6.07) is 12.0. The number of anilines is 3. The van der Waals surface area contributed by atoms with E-state index in [1.165, 1.54) is 12.8 Å².